The molecule has 3 rings (SSSR count). The molecule has 2 heterocycles. The molecule has 3 nitrogen and oxygen atoms in total. The van der Waals surface area contributed by atoms with Crippen LogP contribution in [0.5, 0.6) is 5.75 Å². The van der Waals surface area contributed by atoms with Crippen LogP contribution in [0, 0.1) is 5.92 Å². The Morgan fingerprint density at radius 2 is 2.20 bits per heavy atom. The number of aromatic nitrogens is 1. The molecule has 1 aromatic heterocycles. The molecule has 2 aromatic rings. The van der Waals surface area contributed by atoms with Gasteiger partial charge in [-0.3, -0.25) is 9.88 Å². The van der Waals surface area contributed by atoms with Crippen LogP contribution in [0.4, 0.5) is 0 Å². The Bertz CT molecular complexity index is 570. The van der Waals surface area contributed by atoms with E-state index in [4.69, 9.17) is 0 Å². The second-order valence-corrected chi connectivity index (χ2v) is 5.74. The van der Waals surface area contributed by atoms with Crippen molar-refractivity contribution in [1.29, 1.82) is 0 Å². The highest BCUT2D eigenvalue weighted by molar-refractivity contribution is 5.27. The average Bonchev–Trinajstić information content (AvgIpc) is 2.80. The lowest BCUT2D eigenvalue weighted by Gasteiger charge is -2.24. The topological polar surface area (TPSA) is 36.4 Å². The fourth-order valence-electron chi connectivity index (χ4n) is 3.12. The number of likely N-dealkylation sites (tertiary alicyclic amines) is 1. The molecule has 2 atom stereocenters. The number of hydrogen-bond acceptors (Lipinski definition) is 3. The molecule has 3 heteroatoms. The average molecular weight is 268 g/mol. The number of benzene rings is 1. The van der Waals surface area contributed by atoms with Crippen molar-refractivity contribution in [3.8, 4) is 5.75 Å². The Morgan fingerprint density at radius 1 is 1.30 bits per heavy atom. The molecule has 0 radical (unpaired) electrons. The predicted molar refractivity (Wildman–Crippen MR) is 79.3 cm³/mol. The van der Waals surface area contributed by atoms with E-state index in [2.05, 4.69) is 28.9 Å². The first kappa shape index (κ1) is 13.1. The lowest BCUT2D eigenvalue weighted by atomic mass is 10.0. The second kappa shape index (κ2) is 5.63. The van der Waals surface area contributed by atoms with Crippen molar-refractivity contribution in [3.05, 3.63) is 59.9 Å². The second-order valence-electron chi connectivity index (χ2n) is 5.74. The summed E-state index contributed by atoms with van der Waals surface area (Å²) in [5.74, 6) is 1.03. The van der Waals surface area contributed by atoms with Crippen molar-refractivity contribution < 1.29 is 5.11 Å². The van der Waals surface area contributed by atoms with Gasteiger partial charge in [0.1, 0.15) is 5.75 Å². The summed E-state index contributed by atoms with van der Waals surface area (Å²) < 4.78 is 0. The third kappa shape index (κ3) is 2.83. The smallest absolute Gasteiger partial charge is 0.115 e. The minimum absolute atomic E-state index is 0.340. The highest BCUT2D eigenvalue weighted by Gasteiger charge is 2.30. The molecule has 0 bridgehead atoms. The summed E-state index contributed by atoms with van der Waals surface area (Å²) in [5, 5.41) is 9.59. The van der Waals surface area contributed by atoms with E-state index in [1.165, 1.54) is 12.0 Å². The largest absolute Gasteiger partial charge is 0.508 e. The Morgan fingerprint density at radius 3 is 2.95 bits per heavy atom. The number of phenolic OH excluding ortho intramolecular Hbond substituents is 1. The van der Waals surface area contributed by atoms with Gasteiger partial charge in [-0.25, -0.2) is 0 Å². The van der Waals surface area contributed by atoms with E-state index >= 15 is 0 Å². The lowest BCUT2D eigenvalue weighted by Crippen LogP contribution is -2.23. The van der Waals surface area contributed by atoms with Gasteiger partial charge in [-0.2, -0.15) is 0 Å². The summed E-state index contributed by atoms with van der Waals surface area (Å²) in [6, 6.07) is 12.1. The minimum Gasteiger partial charge on any atom is -0.508 e. The molecule has 2 unspecified atom stereocenters. The molecule has 1 aliphatic rings. The van der Waals surface area contributed by atoms with Crippen molar-refractivity contribution in [2.45, 2.75) is 25.9 Å². The number of aromatic hydroxyl groups is 1. The summed E-state index contributed by atoms with van der Waals surface area (Å²) in [6.07, 6.45) is 4.96. The van der Waals surface area contributed by atoms with E-state index in [0.29, 0.717) is 17.7 Å². The van der Waals surface area contributed by atoms with E-state index in [-0.39, 0.29) is 0 Å². The molecule has 0 aliphatic carbocycles. The van der Waals surface area contributed by atoms with Crippen LogP contribution in [-0.2, 0) is 6.54 Å². The van der Waals surface area contributed by atoms with Gasteiger partial charge < -0.3 is 5.11 Å². The van der Waals surface area contributed by atoms with Gasteiger partial charge in [0, 0.05) is 31.5 Å². The Labute approximate surface area is 119 Å². The van der Waals surface area contributed by atoms with E-state index in [0.717, 1.165) is 18.7 Å². The summed E-state index contributed by atoms with van der Waals surface area (Å²) in [5.41, 5.74) is 2.45. The van der Waals surface area contributed by atoms with Crippen LogP contribution in [0.1, 0.15) is 30.5 Å². The maximum absolute atomic E-state index is 9.59. The highest BCUT2D eigenvalue weighted by atomic mass is 16.3. The molecule has 1 aliphatic heterocycles. The molecule has 1 aromatic carbocycles. The zero-order valence-corrected chi connectivity index (χ0v) is 11.7. The number of phenols is 1. The summed E-state index contributed by atoms with van der Waals surface area (Å²) in [4.78, 5) is 6.73. The van der Waals surface area contributed by atoms with Crippen LogP contribution < -0.4 is 0 Å². The zero-order valence-electron chi connectivity index (χ0n) is 11.7. The fraction of sp³-hybridized carbons (Fsp3) is 0.353. The van der Waals surface area contributed by atoms with Crippen molar-refractivity contribution >= 4 is 0 Å². The van der Waals surface area contributed by atoms with Crippen LogP contribution in [0.3, 0.4) is 0 Å². The third-order valence-electron chi connectivity index (χ3n) is 3.98. The maximum atomic E-state index is 9.59. The van der Waals surface area contributed by atoms with Crippen molar-refractivity contribution in [2.24, 2.45) is 5.92 Å². The summed E-state index contributed by atoms with van der Waals surface area (Å²) >= 11 is 0. The van der Waals surface area contributed by atoms with Crippen LogP contribution >= 0.6 is 0 Å². The van der Waals surface area contributed by atoms with Gasteiger partial charge >= 0.3 is 0 Å². The quantitative estimate of drug-likeness (QED) is 0.927. The number of rotatable bonds is 3. The molecular formula is C17H20N2O. The minimum atomic E-state index is 0.340. The van der Waals surface area contributed by atoms with E-state index in [1.54, 1.807) is 6.07 Å². The van der Waals surface area contributed by atoms with Gasteiger partial charge in [0.15, 0.2) is 0 Å². The van der Waals surface area contributed by atoms with Crippen molar-refractivity contribution in [2.75, 3.05) is 6.54 Å². The van der Waals surface area contributed by atoms with E-state index in [1.807, 2.05) is 30.6 Å². The molecular weight excluding hydrogens is 248 g/mol. The first-order valence-corrected chi connectivity index (χ1v) is 7.14. The normalized spacial score (nSPS) is 23.1. The Hall–Kier alpha value is -1.87. The number of pyridine rings is 1. The monoisotopic (exact) mass is 268 g/mol. The van der Waals surface area contributed by atoms with E-state index in [9.17, 15) is 5.11 Å². The standard InChI is InChI=1S/C17H20N2O/c1-13-8-17(15-5-3-7-18-10-15)19(11-13)12-14-4-2-6-16(20)9-14/h2-7,9-10,13,17,20H,8,11-12H2,1H3. The zero-order chi connectivity index (χ0) is 13.9. The van der Waals surface area contributed by atoms with Gasteiger partial charge in [-0.15, -0.1) is 0 Å². The number of hydrogen-bond donors (Lipinski definition) is 1. The lowest BCUT2D eigenvalue weighted by molar-refractivity contribution is 0.245. The molecule has 0 spiro atoms. The van der Waals surface area contributed by atoms with Gasteiger partial charge in [0.05, 0.1) is 0 Å². The molecule has 20 heavy (non-hydrogen) atoms. The predicted octanol–water partition coefficient (Wildman–Crippen LogP) is 3.37. The number of nitrogens with zero attached hydrogens (tertiary/aromatic N) is 2. The first-order chi connectivity index (χ1) is 9.72. The molecule has 1 N–H and O–H groups in total. The van der Waals surface area contributed by atoms with Gasteiger partial charge in [-0.1, -0.05) is 25.1 Å². The van der Waals surface area contributed by atoms with E-state index < -0.39 is 0 Å². The third-order valence-corrected chi connectivity index (χ3v) is 3.98. The van der Waals surface area contributed by atoms with Crippen LogP contribution in [-0.4, -0.2) is 21.5 Å². The molecule has 104 valence electrons. The van der Waals surface area contributed by atoms with Crippen LogP contribution in [0.25, 0.3) is 0 Å². The summed E-state index contributed by atoms with van der Waals surface area (Å²) in [7, 11) is 0. The molecule has 1 saturated heterocycles. The molecule has 0 amide bonds. The Balaban J connectivity index is 1.80. The van der Waals surface area contributed by atoms with Gasteiger partial charge in [0.25, 0.3) is 0 Å². The summed E-state index contributed by atoms with van der Waals surface area (Å²) in [6.45, 7) is 4.26. The first-order valence-electron chi connectivity index (χ1n) is 7.14. The van der Waals surface area contributed by atoms with Crippen LogP contribution in [0.15, 0.2) is 48.8 Å². The van der Waals surface area contributed by atoms with Crippen LogP contribution in [0.2, 0.25) is 0 Å². The SMILES string of the molecule is CC1CC(c2cccnc2)N(Cc2cccc(O)c2)C1. The maximum Gasteiger partial charge on any atom is 0.115 e. The molecule has 0 saturated carbocycles. The highest BCUT2D eigenvalue weighted by Crippen LogP contribution is 2.36. The fourth-order valence-corrected chi connectivity index (χ4v) is 3.12. The van der Waals surface area contributed by atoms with Crippen molar-refractivity contribution in [1.82, 2.24) is 9.88 Å². The van der Waals surface area contributed by atoms with Gasteiger partial charge in [0.2, 0.25) is 0 Å². The Kier molecular flexibility index (Phi) is 3.70. The van der Waals surface area contributed by atoms with Gasteiger partial charge in [-0.05, 0) is 41.7 Å². The molecule has 1 fully saturated rings. The van der Waals surface area contributed by atoms with Crippen molar-refractivity contribution in [3.63, 3.8) is 0 Å².